The van der Waals surface area contributed by atoms with Gasteiger partial charge in [0.05, 0.1) is 35.7 Å². The van der Waals surface area contributed by atoms with Gasteiger partial charge in [-0.25, -0.2) is 9.67 Å². The Bertz CT molecular complexity index is 1590. The van der Waals surface area contributed by atoms with E-state index in [1.165, 1.54) is 0 Å². The number of thiazole rings is 1. The SMILES string of the molecule is O=C(c1ccc(-n2cccn2)cc1)N1CCOc2c(cc(-c3nc4ccccc4s3)cc2OC2CCOC2)C1. The number of hydrogen-bond donors (Lipinski definition) is 0. The van der Waals surface area contributed by atoms with E-state index in [0.717, 1.165) is 38.5 Å². The standard InChI is InChI=1S/C30H26N4O4S/c35-30(20-6-8-23(9-7-20)34-12-3-11-31-34)33-13-15-37-28-22(18-33)16-21(17-26(28)38-24-10-14-36-19-24)29-32-25-4-1-2-5-27(25)39-29/h1-9,11-12,16-17,24H,10,13-15,18-19H2. The monoisotopic (exact) mass is 538 g/mol. The maximum Gasteiger partial charge on any atom is 0.254 e. The van der Waals surface area contributed by atoms with Gasteiger partial charge in [0.25, 0.3) is 5.91 Å². The second kappa shape index (κ2) is 10.2. The highest BCUT2D eigenvalue weighted by Gasteiger charge is 2.27. The molecule has 9 heteroatoms. The highest BCUT2D eigenvalue weighted by Crippen LogP contribution is 2.41. The van der Waals surface area contributed by atoms with Crippen molar-refractivity contribution in [3.8, 4) is 27.8 Å². The maximum absolute atomic E-state index is 13.6. The predicted octanol–water partition coefficient (Wildman–Crippen LogP) is 5.35. The Labute approximate surface area is 229 Å². The van der Waals surface area contributed by atoms with E-state index in [0.29, 0.717) is 50.0 Å². The molecule has 7 rings (SSSR count). The normalized spacial score (nSPS) is 17.0. The van der Waals surface area contributed by atoms with E-state index in [4.69, 9.17) is 19.2 Å². The van der Waals surface area contributed by atoms with Gasteiger partial charge in [0, 0.05) is 42.0 Å². The molecule has 2 aliphatic heterocycles. The first-order chi connectivity index (χ1) is 19.2. The number of amides is 1. The number of nitrogens with zero attached hydrogens (tertiary/aromatic N) is 4. The maximum atomic E-state index is 13.6. The summed E-state index contributed by atoms with van der Waals surface area (Å²) in [4.78, 5) is 20.3. The van der Waals surface area contributed by atoms with Gasteiger partial charge in [-0.05, 0) is 54.6 Å². The minimum absolute atomic E-state index is 0.0300. The van der Waals surface area contributed by atoms with E-state index in [9.17, 15) is 4.79 Å². The third-order valence-electron chi connectivity index (χ3n) is 6.99. The average molecular weight is 539 g/mol. The molecule has 39 heavy (non-hydrogen) atoms. The van der Waals surface area contributed by atoms with Crippen molar-refractivity contribution in [1.82, 2.24) is 19.7 Å². The Kier molecular flexibility index (Phi) is 6.22. The van der Waals surface area contributed by atoms with Gasteiger partial charge < -0.3 is 19.1 Å². The van der Waals surface area contributed by atoms with Crippen LogP contribution in [0.15, 0.2) is 79.1 Å². The zero-order valence-corrected chi connectivity index (χ0v) is 22.0. The van der Waals surface area contributed by atoms with Crippen LogP contribution in [0.4, 0.5) is 0 Å². The second-order valence-electron chi connectivity index (χ2n) is 9.63. The molecule has 0 bridgehead atoms. The molecule has 0 saturated carbocycles. The summed E-state index contributed by atoms with van der Waals surface area (Å²) < 4.78 is 21.1. The molecule has 1 atom stereocenters. The van der Waals surface area contributed by atoms with Crippen LogP contribution in [-0.2, 0) is 11.3 Å². The summed E-state index contributed by atoms with van der Waals surface area (Å²) in [5.41, 5.74) is 4.34. The molecule has 1 amide bonds. The lowest BCUT2D eigenvalue weighted by Crippen LogP contribution is -2.32. The Morgan fingerprint density at radius 1 is 1.05 bits per heavy atom. The fourth-order valence-electron chi connectivity index (χ4n) is 5.01. The third-order valence-corrected chi connectivity index (χ3v) is 8.08. The fraction of sp³-hybridized carbons (Fsp3) is 0.233. The zero-order chi connectivity index (χ0) is 26.2. The van der Waals surface area contributed by atoms with E-state index in [1.54, 1.807) is 22.2 Å². The molecule has 1 fully saturated rings. The van der Waals surface area contributed by atoms with Gasteiger partial charge in [-0.2, -0.15) is 5.10 Å². The highest BCUT2D eigenvalue weighted by atomic mass is 32.1. The molecule has 8 nitrogen and oxygen atoms in total. The molecule has 3 aromatic carbocycles. The van der Waals surface area contributed by atoms with Gasteiger partial charge in [-0.3, -0.25) is 4.79 Å². The zero-order valence-electron chi connectivity index (χ0n) is 21.2. The van der Waals surface area contributed by atoms with Crippen molar-refractivity contribution in [2.24, 2.45) is 0 Å². The number of hydrogen-bond acceptors (Lipinski definition) is 7. The number of rotatable bonds is 5. The van der Waals surface area contributed by atoms with Crippen molar-refractivity contribution in [2.75, 3.05) is 26.4 Å². The van der Waals surface area contributed by atoms with Crippen LogP contribution in [0.1, 0.15) is 22.3 Å². The fourth-order valence-corrected chi connectivity index (χ4v) is 5.96. The molecular formula is C30H26N4O4S. The van der Waals surface area contributed by atoms with E-state index in [-0.39, 0.29) is 12.0 Å². The molecule has 2 aromatic heterocycles. The van der Waals surface area contributed by atoms with E-state index >= 15 is 0 Å². The number of carbonyl (C=O) groups is 1. The minimum Gasteiger partial charge on any atom is -0.487 e. The summed E-state index contributed by atoms with van der Waals surface area (Å²) in [5, 5.41) is 5.17. The van der Waals surface area contributed by atoms with Gasteiger partial charge >= 0.3 is 0 Å². The molecule has 5 aromatic rings. The summed E-state index contributed by atoms with van der Waals surface area (Å²) in [6.07, 6.45) is 4.41. The van der Waals surface area contributed by atoms with Crippen LogP contribution in [0.3, 0.4) is 0 Å². The van der Waals surface area contributed by atoms with Gasteiger partial charge in [0.1, 0.15) is 17.7 Å². The topological polar surface area (TPSA) is 78.7 Å². The van der Waals surface area contributed by atoms with E-state index < -0.39 is 0 Å². The molecule has 0 aliphatic carbocycles. The van der Waals surface area contributed by atoms with Crippen molar-refractivity contribution < 1.29 is 19.0 Å². The molecule has 1 unspecified atom stereocenters. The summed E-state index contributed by atoms with van der Waals surface area (Å²) in [7, 11) is 0. The Balaban J connectivity index is 1.22. The third kappa shape index (κ3) is 4.75. The predicted molar refractivity (Wildman–Crippen MR) is 149 cm³/mol. The largest absolute Gasteiger partial charge is 0.487 e. The van der Waals surface area contributed by atoms with Crippen LogP contribution in [0.5, 0.6) is 11.5 Å². The summed E-state index contributed by atoms with van der Waals surface area (Å²) in [5.74, 6) is 1.32. The molecule has 196 valence electrons. The van der Waals surface area contributed by atoms with Gasteiger partial charge in [0.15, 0.2) is 11.5 Å². The van der Waals surface area contributed by atoms with E-state index in [1.807, 2.05) is 65.7 Å². The Hall–Kier alpha value is -4.21. The number of para-hydroxylation sites is 1. The molecular weight excluding hydrogens is 512 g/mol. The average Bonchev–Trinajstić information content (AvgIpc) is 3.73. The van der Waals surface area contributed by atoms with Gasteiger partial charge in [-0.1, -0.05) is 12.1 Å². The van der Waals surface area contributed by atoms with Crippen LogP contribution in [0.2, 0.25) is 0 Å². The van der Waals surface area contributed by atoms with Gasteiger partial charge in [0.2, 0.25) is 0 Å². The molecule has 1 saturated heterocycles. The number of ether oxygens (including phenoxy) is 3. The Morgan fingerprint density at radius 2 is 1.95 bits per heavy atom. The first kappa shape index (κ1) is 23.9. The van der Waals surface area contributed by atoms with Crippen molar-refractivity contribution in [3.63, 3.8) is 0 Å². The minimum atomic E-state index is -0.0458. The van der Waals surface area contributed by atoms with Crippen LogP contribution >= 0.6 is 11.3 Å². The van der Waals surface area contributed by atoms with Crippen LogP contribution in [0, 0.1) is 0 Å². The summed E-state index contributed by atoms with van der Waals surface area (Å²) >= 11 is 1.64. The first-order valence-electron chi connectivity index (χ1n) is 13.0. The molecule has 4 heterocycles. The summed E-state index contributed by atoms with van der Waals surface area (Å²) in [6.45, 7) is 2.50. The molecule has 2 aliphatic rings. The molecule has 0 N–H and O–H groups in total. The summed E-state index contributed by atoms with van der Waals surface area (Å²) in [6, 6.07) is 21.6. The lowest BCUT2D eigenvalue weighted by Gasteiger charge is -2.21. The van der Waals surface area contributed by atoms with Crippen LogP contribution < -0.4 is 9.47 Å². The van der Waals surface area contributed by atoms with Crippen LogP contribution in [0.25, 0.3) is 26.5 Å². The van der Waals surface area contributed by atoms with Crippen molar-refractivity contribution in [1.29, 1.82) is 0 Å². The van der Waals surface area contributed by atoms with Crippen molar-refractivity contribution in [3.05, 3.63) is 90.3 Å². The smallest absolute Gasteiger partial charge is 0.254 e. The number of aromatic nitrogens is 3. The quantitative estimate of drug-likeness (QED) is 0.300. The lowest BCUT2D eigenvalue weighted by atomic mass is 10.1. The Morgan fingerprint density at radius 3 is 2.74 bits per heavy atom. The van der Waals surface area contributed by atoms with E-state index in [2.05, 4.69) is 17.2 Å². The second-order valence-corrected chi connectivity index (χ2v) is 10.7. The first-order valence-corrected chi connectivity index (χ1v) is 13.8. The highest BCUT2D eigenvalue weighted by molar-refractivity contribution is 7.21. The van der Waals surface area contributed by atoms with Crippen molar-refractivity contribution in [2.45, 2.75) is 19.1 Å². The molecule has 0 radical (unpaired) electrons. The lowest BCUT2D eigenvalue weighted by molar-refractivity contribution is 0.0733. The number of fused-ring (bicyclic) bond motifs is 2. The number of carbonyl (C=O) groups excluding carboxylic acids is 1. The molecule has 0 spiro atoms. The number of benzene rings is 3. The van der Waals surface area contributed by atoms with Crippen LogP contribution in [-0.4, -0.2) is 58.0 Å². The van der Waals surface area contributed by atoms with Gasteiger partial charge in [-0.15, -0.1) is 11.3 Å². The van der Waals surface area contributed by atoms with Crippen molar-refractivity contribution >= 4 is 27.5 Å².